The molecule has 2 N–H and O–H groups in total. The predicted molar refractivity (Wildman–Crippen MR) is 46.0 cm³/mol. The summed E-state index contributed by atoms with van der Waals surface area (Å²) < 4.78 is 0. The van der Waals surface area contributed by atoms with Crippen LogP contribution in [0.25, 0.3) is 0 Å². The van der Waals surface area contributed by atoms with E-state index in [1.165, 1.54) is 11.9 Å². The van der Waals surface area contributed by atoms with Gasteiger partial charge in [0.15, 0.2) is 0 Å². The molecule has 0 heterocycles. The Hall–Kier alpha value is -1.47. The number of carbonyl (C=O) groups is 1. The lowest BCUT2D eigenvalue weighted by Crippen LogP contribution is -2.44. The van der Waals surface area contributed by atoms with Gasteiger partial charge >= 0.3 is 5.97 Å². The molecule has 0 spiro atoms. The molecular formula is C8H12N2O2. The summed E-state index contributed by atoms with van der Waals surface area (Å²) in [6, 6.07) is 1.47. The van der Waals surface area contributed by atoms with Crippen LogP contribution >= 0.6 is 0 Å². The second kappa shape index (κ2) is 5.22. The van der Waals surface area contributed by atoms with Crippen molar-refractivity contribution in [1.29, 1.82) is 0 Å². The van der Waals surface area contributed by atoms with Crippen LogP contribution in [0.2, 0.25) is 0 Å². The second-order valence-electron chi connectivity index (χ2n) is 2.16. The third-order valence-electron chi connectivity index (χ3n) is 1.29. The highest BCUT2D eigenvalue weighted by Gasteiger charge is 2.16. The lowest BCUT2D eigenvalue weighted by Gasteiger charge is -2.21. The molecule has 0 saturated heterocycles. The van der Waals surface area contributed by atoms with Crippen LogP contribution in [0.3, 0.4) is 0 Å². The van der Waals surface area contributed by atoms with Crippen LogP contribution in [0, 0.1) is 12.5 Å². The molecule has 0 aromatic carbocycles. The molecule has 0 fully saturated rings. The molecule has 1 atom stereocenters. The van der Waals surface area contributed by atoms with Crippen molar-refractivity contribution in [3.8, 4) is 12.5 Å². The lowest BCUT2D eigenvalue weighted by atomic mass is 10.3. The van der Waals surface area contributed by atoms with Crippen molar-refractivity contribution in [3.05, 3.63) is 12.7 Å². The van der Waals surface area contributed by atoms with Gasteiger partial charge in [0.2, 0.25) is 0 Å². The van der Waals surface area contributed by atoms with Crippen molar-refractivity contribution in [2.24, 2.45) is 0 Å². The van der Waals surface area contributed by atoms with E-state index in [9.17, 15) is 4.79 Å². The zero-order valence-electron chi connectivity index (χ0n) is 6.95. The maximum Gasteiger partial charge on any atom is 0.328 e. The molecule has 0 aliphatic carbocycles. The Bertz CT molecular complexity index is 208. The van der Waals surface area contributed by atoms with E-state index in [0.29, 0.717) is 6.54 Å². The number of carboxylic acids is 1. The van der Waals surface area contributed by atoms with Gasteiger partial charge in [-0.25, -0.2) is 10.2 Å². The average Bonchev–Trinajstić information content (AvgIpc) is 2.05. The molecule has 12 heavy (non-hydrogen) atoms. The van der Waals surface area contributed by atoms with Crippen LogP contribution in [-0.4, -0.2) is 28.7 Å². The Morgan fingerprint density at radius 1 is 2.00 bits per heavy atom. The van der Waals surface area contributed by atoms with Gasteiger partial charge in [-0.05, 0) is 6.92 Å². The molecule has 0 aliphatic heterocycles. The van der Waals surface area contributed by atoms with Gasteiger partial charge in [0.1, 0.15) is 6.04 Å². The van der Waals surface area contributed by atoms with Crippen molar-refractivity contribution in [2.45, 2.75) is 13.0 Å². The number of nitrogens with zero attached hydrogens (tertiary/aromatic N) is 1. The molecule has 0 bridgehead atoms. The zero-order valence-corrected chi connectivity index (χ0v) is 6.95. The first-order valence-electron chi connectivity index (χ1n) is 3.46. The summed E-state index contributed by atoms with van der Waals surface area (Å²) >= 11 is 0. The largest absolute Gasteiger partial charge is 0.480 e. The second-order valence-corrected chi connectivity index (χ2v) is 2.16. The molecule has 0 amide bonds. The minimum absolute atomic E-state index is 0.446. The van der Waals surface area contributed by atoms with Crippen LogP contribution < -0.4 is 5.43 Å². The summed E-state index contributed by atoms with van der Waals surface area (Å²) in [5.41, 5.74) is 2.70. The van der Waals surface area contributed by atoms with Crippen LogP contribution in [-0.2, 0) is 4.79 Å². The van der Waals surface area contributed by atoms with E-state index < -0.39 is 12.0 Å². The van der Waals surface area contributed by atoms with Crippen LogP contribution in [0.5, 0.6) is 0 Å². The topological polar surface area (TPSA) is 52.6 Å². The van der Waals surface area contributed by atoms with Gasteiger partial charge in [-0.3, -0.25) is 5.01 Å². The fourth-order valence-corrected chi connectivity index (χ4v) is 0.568. The number of carboxylic acid groups (broad SMARTS) is 1. The van der Waals surface area contributed by atoms with E-state index in [4.69, 9.17) is 11.5 Å². The highest BCUT2D eigenvalue weighted by molar-refractivity contribution is 5.73. The maximum absolute atomic E-state index is 10.5. The van der Waals surface area contributed by atoms with Crippen molar-refractivity contribution >= 4 is 5.97 Å². The lowest BCUT2D eigenvalue weighted by molar-refractivity contribution is -0.142. The van der Waals surface area contributed by atoms with Gasteiger partial charge in [0.25, 0.3) is 0 Å². The van der Waals surface area contributed by atoms with Crippen LogP contribution in [0.15, 0.2) is 12.7 Å². The van der Waals surface area contributed by atoms with Crippen LogP contribution in [0.1, 0.15) is 6.92 Å². The number of nitrogens with one attached hydrogen (secondary N) is 1. The van der Waals surface area contributed by atoms with E-state index in [-0.39, 0.29) is 0 Å². The summed E-state index contributed by atoms with van der Waals surface area (Å²) in [5.74, 6) is -0.968. The molecule has 0 saturated carbocycles. The van der Waals surface area contributed by atoms with Crippen molar-refractivity contribution in [2.75, 3.05) is 6.54 Å². The first-order valence-corrected chi connectivity index (χ1v) is 3.46. The van der Waals surface area contributed by atoms with Crippen molar-refractivity contribution < 1.29 is 9.90 Å². The number of hydrogen-bond acceptors (Lipinski definition) is 3. The number of terminal acetylenes is 1. The number of rotatable bonds is 5. The normalized spacial score (nSPS) is 11.3. The van der Waals surface area contributed by atoms with E-state index in [1.807, 2.05) is 0 Å². The minimum atomic E-state index is -0.968. The SMILES string of the molecule is C#CN(NCC=C)[C@@H](C)C(=O)O. The number of hydrazine groups is 1. The summed E-state index contributed by atoms with van der Waals surface area (Å²) in [4.78, 5) is 10.5. The smallest absolute Gasteiger partial charge is 0.328 e. The molecule has 0 aromatic rings. The number of aliphatic carboxylic acids is 1. The van der Waals surface area contributed by atoms with Crippen molar-refractivity contribution in [1.82, 2.24) is 10.4 Å². The highest BCUT2D eigenvalue weighted by atomic mass is 16.4. The fraction of sp³-hybridized carbons (Fsp3) is 0.375. The monoisotopic (exact) mass is 168 g/mol. The van der Waals surface area contributed by atoms with E-state index in [2.05, 4.69) is 18.0 Å². The summed E-state index contributed by atoms with van der Waals surface area (Å²) in [7, 11) is 0. The Morgan fingerprint density at radius 3 is 2.92 bits per heavy atom. The first-order chi connectivity index (χ1) is 5.63. The molecule has 0 unspecified atom stereocenters. The highest BCUT2D eigenvalue weighted by Crippen LogP contribution is 1.92. The number of hydrogen-bond donors (Lipinski definition) is 2. The molecular weight excluding hydrogens is 156 g/mol. The van der Waals surface area contributed by atoms with E-state index >= 15 is 0 Å². The van der Waals surface area contributed by atoms with E-state index in [0.717, 1.165) is 0 Å². The Balaban J connectivity index is 4.07. The van der Waals surface area contributed by atoms with Gasteiger partial charge < -0.3 is 5.11 Å². The molecule has 0 rings (SSSR count). The third-order valence-corrected chi connectivity index (χ3v) is 1.29. The quantitative estimate of drug-likeness (QED) is 0.263. The Kier molecular flexibility index (Phi) is 4.58. The van der Waals surface area contributed by atoms with Gasteiger partial charge in [-0.15, -0.1) is 6.58 Å². The summed E-state index contributed by atoms with van der Waals surface area (Å²) in [5, 5.41) is 9.76. The molecule has 0 radical (unpaired) electrons. The zero-order chi connectivity index (χ0) is 9.56. The minimum Gasteiger partial charge on any atom is -0.480 e. The fourth-order valence-electron chi connectivity index (χ4n) is 0.568. The maximum atomic E-state index is 10.5. The van der Waals surface area contributed by atoms with Crippen molar-refractivity contribution in [3.63, 3.8) is 0 Å². The summed E-state index contributed by atoms with van der Waals surface area (Å²) in [6.07, 6.45) is 6.66. The van der Waals surface area contributed by atoms with Crippen LogP contribution in [0.4, 0.5) is 0 Å². The van der Waals surface area contributed by atoms with Gasteiger partial charge in [0.05, 0.1) is 0 Å². The Morgan fingerprint density at radius 2 is 2.58 bits per heavy atom. The third kappa shape index (κ3) is 3.08. The average molecular weight is 168 g/mol. The van der Waals surface area contributed by atoms with Gasteiger partial charge in [-0.2, -0.15) is 0 Å². The van der Waals surface area contributed by atoms with Gasteiger partial charge in [0, 0.05) is 12.6 Å². The molecule has 0 aromatic heterocycles. The Labute approximate surface area is 71.8 Å². The summed E-state index contributed by atoms with van der Waals surface area (Å²) in [6.45, 7) is 5.41. The first kappa shape index (κ1) is 10.5. The predicted octanol–water partition coefficient (Wildman–Crippen LogP) is 0.0428. The molecule has 66 valence electrons. The van der Waals surface area contributed by atoms with Gasteiger partial charge in [-0.1, -0.05) is 12.5 Å². The molecule has 0 aliphatic rings. The molecule has 4 heteroatoms. The molecule has 4 nitrogen and oxygen atoms in total. The van der Waals surface area contributed by atoms with E-state index in [1.54, 1.807) is 6.08 Å². The standard InChI is InChI=1S/C8H12N2O2/c1-4-6-9-10(5-2)7(3)8(11)12/h2,4,7,9H,1,6H2,3H3,(H,11,12)/t7-/m0/s1.